The predicted octanol–water partition coefficient (Wildman–Crippen LogP) is 2.27. The van der Waals surface area contributed by atoms with Gasteiger partial charge in [-0.3, -0.25) is 9.59 Å². The maximum Gasteiger partial charge on any atom is 0.312 e. The van der Waals surface area contributed by atoms with Gasteiger partial charge >= 0.3 is 5.97 Å². The Morgan fingerprint density at radius 3 is 2.86 bits per heavy atom. The highest BCUT2D eigenvalue weighted by Crippen LogP contribution is 2.43. The van der Waals surface area contributed by atoms with E-state index in [0.29, 0.717) is 44.5 Å². The van der Waals surface area contributed by atoms with Gasteiger partial charge in [-0.2, -0.15) is 0 Å². The van der Waals surface area contributed by atoms with Gasteiger partial charge < -0.3 is 18.9 Å². The molecule has 0 bridgehead atoms. The summed E-state index contributed by atoms with van der Waals surface area (Å²) in [6.07, 6.45) is 6.85. The summed E-state index contributed by atoms with van der Waals surface area (Å²) < 4.78 is 26.0. The molecule has 2 aromatic rings. The second-order valence-electron chi connectivity index (χ2n) is 7.41. The Morgan fingerprint density at radius 2 is 2.18 bits per heavy atom. The van der Waals surface area contributed by atoms with E-state index in [-0.39, 0.29) is 23.7 Å². The number of esters is 1. The van der Waals surface area contributed by atoms with Crippen molar-refractivity contribution >= 4 is 11.9 Å². The number of hydrogen-bond acceptors (Lipinski definition) is 5. The number of ether oxygens (including phenoxy) is 2. The Kier molecular flexibility index (Phi) is 4.78. The van der Waals surface area contributed by atoms with E-state index < -0.39 is 11.2 Å². The van der Waals surface area contributed by atoms with Gasteiger partial charge in [0.25, 0.3) is 5.91 Å². The van der Waals surface area contributed by atoms with E-state index in [1.54, 1.807) is 17.4 Å². The van der Waals surface area contributed by atoms with Crippen LogP contribution in [0.1, 0.15) is 29.6 Å². The van der Waals surface area contributed by atoms with Crippen LogP contribution in [0.15, 0.2) is 36.9 Å². The quantitative estimate of drug-likeness (QED) is 0.753. The normalized spacial score (nSPS) is 21.0. The first kappa shape index (κ1) is 18.5. The van der Waals surface area contributed by atoms with Crippen LogP contribution in [0.2, 0.25) is 0 Å². The smallest absolute Gasteiger partial charge is 0.312 e. The average Bonchev–Trinajstić information content (AvgIpc) is 3.31. The van der Waals surface area contributed by atoms with Crippen molar-refractivity contribution < 1.29 is 23.5 Å². The van der Waals surface area contributed by atoms with Crippen LogP contribution in [0, 0.1) is 11.2 Å². The second-order valence-corrected chi connectivity index (χ2v) is 7.41. The highest BCUT2D eigenvalue weighted by molar-refractivity contribution is 5.95. The number of carbonyl (C=O) groups is 2. The molecule has 148 valence electrons. The molecule has 2 fully saturated rings. The number of piperidine rings is 1. The number of aromatic nitrogens is 2. The van der Waals surface area contributed by atoms with Crippen LogP contribution in [-0.4, -0.2) is 52.6 Å². The zero-order chi connectivity index (χ0) is 19.7. The molecule has 1 atom stereocenters. The number of rotatable bonds is 4. The predicted molar refractivity (Wildman–Crippen MR) is 97.2 cm³/mol. The number of likely N-dealkylation sites (tertiary alicyclic amines) is 1. The standard InChI is InChI=1S/C20H22FN3O4/c1-27-17-10-14(2-3-16(17)21)18(25)24-7-4-20(5-8-24)11-15(28-19(20)26)12-23-9-6-22-13-23/h2-3,6,9-10,13,15H,4-5,7-8,11-12H2,1H3. The van der Waals surface area contributed by atoms with Crippen LogP contribution < -0.4 is 4.74 Å². The molecule has 1 spiro atoms. The Bertz CT molecular complexity index is 876. The summed E-state index contributed by atoms with van der Waals surface area (Å²) in [5, 5.41) is 0. The minimum Gasteiger partial charge on any atom is -0.494 e. The third-order valence-electron chi connectivity index (χ3n) is 5.70. The van der Waals surface area contributed by atoms with E-state index in [4.69, 9.17) is 9.47 Å². The number of imidazole rings is 1. The molecule has 1 aromatic heterocycles. The summed E-state index contributed by atoms with van der Waals surface area (Å²) in [7, 11) is 1.36. The average molecular weight is 387 g/mol. The SMILES string of the molecule is COc1cc(C(=O)N2CCC3(CC2)CC(Cn2ccnc2)OC3=O)ccc1F. The lowest BCUT2D eigenvalue weighted by atomic mass is 9.76. The largest absolute Gasteiger partial charge is 0.494 e. The number of methoxy groups -OCH3 is 1. The fraction of sp³-hybridized carbons (Fsp3) is 0.450. The third-order valence-corrected chi connectivity index (χ3v) is 5.70. The monoisotopic (exact) mass is 387 g/mol. The van der Waals surface area contributed by atoms with Crippen molar-refractivity contribution in [1.29, 1.82) is 0 Å². The van der Waals surface area contributed by atoms with Crippen LogP contribution in [0.4, 0.5) is 4.39 Å². The number of nitrogens with zero attached hydrogens (tertiary/aromatic N) is 3. The van der Waals surface area contributed by atoms with E-state index in [2.05, 4.69) is 4.98 Å². The van der Waals surface area contributed by atoms with Crippen molar-refractivity contribution in [2.45, 2.75) is 31.9 Å². The van der Waals surface area contributed by atoms with Crippen molar-refractivity contribution in [3.63, 3.8) is 0 Å². The maximum atomic E-state index is 13.6. The molecule has 0 aliphatic carbocycles. The van der Waals surface area contributed by atoms with Crippen LogP contribution >= 0.6 is 0 Å². The summed E-state index contributed by atoms with van der Waals surface area (Å²) in [5.74, 6) is -0.821. The molecule has 1 amide bonds. The number of carbonyl (C=O) groups excluding carboxylic acids is 2. The zero-order valence-corrected chi connectivity index (χ0v) is 15.6. The van der Waals surface area contributed by atoms with Gasteiger partial charge in [0, 0.05) is 37.5 Å². The van der Waals surface area contributed by atoms with Crippen LogP contribution in [0.25, 0.3) is 0 Å². The Labute approximate surface area is 162 Å². The molecule has 0 saturated carbocycles. The van der Waals surface area contributed by atoms with Gasteiger partial charge in [0.2, 0.25) is 0 Å². The van der Waals surface area contributed by atoms with Gasteiger partial charge in [-0.15, -0.1) is 0 Å². The van der Waals surface area contributed by atoms with Gasteiger partial charge in [-0.1, -0.05) is 0 Å². The Balaban J connectivity index is 1.40. The third kappa shape index (κ3) is 3.34. The van der Waals surface area contributed by atoms with Crippen LogP contribution in [0.3, 0.4) is 0 Å². The van der Waals surface area contributed by atoms with Gasteiger partial charge in [-0.25, -0.2) is 9.37 Å². The number of halogens is 1. The molecule has 0 radical (unpaired) electrons. The van der Waals surface area contributed by atoms with Crippen LogP contribution in [0.5, 0.6) is 5.75 Å². The first-order valence-electron chi connectivity index (χ1n) is 9.30. The van der Waals surface area contributed by atoms with Crippen molar-refractivity contribution in [3.05, 3.63) is 48.3 Å². The van der Waals surface area contributed by atoms with Gasteiger partial charge in [0.15, 0.2) is 11.6 Å². The number of amides is 1. The minimum atomic E-state index is -0.525. The minimum absolute atomic E-state index is 0.0426. The summed E-state index contributed by atoms with van der Waals surface area (Å²) >= 11 is 0. The topological polar surface area (TPSA) is 73.7 Å². The van der Waals surface area contributed by atoms with Gasteiger partial charge in [0.1, 0.15) is 6.10 Å². The molecule has 4 rings (SSSR count). The summed E-state index contributed by atoms with van der Waals surface area (Å²) in [5.41, 5.74) is -0.149. The molecule has 0 N–H and O–H groups in total. The highest BCUT2D eigenvalue weighted by atomic mass is 19.1. The molecule has 1 aromatic carbocycles. The number of cyclic esters (lactones) is 1. The first-order valence-corrected chi connectivity index (χ1v) is 9.30. The second kappa shape index (κ2) is 7.26. The van der Waals surface area contributed by atoms with Gasteiger partial charge in [0.05, 0.1) is 25.4 Å². The number of hydrogen-bond donors (Lipinski definition) is 0. The Hall–Kier alpha value is -2.90. The van der Waals surface area contributed by atoms with Crippen molar-refractivity contribution in [2.75, 3.05) is 20.2 Å². The summed E-state index contributed by atoms with van der Waals surface area (Å²) in [4.78, 5) is 31.0. The maximum absolute atomic E-state index is 13.6. The van der Waals surface area contributed by atoms with E-state index in [9.17, 15) is 14.0 Å². The van der Waals surface area contributed by atoms with Crippen LogP contribution in [-0.2, 0) is 16.1 Å². The molecular formula is C20H22FN3O4. The van der Waals surface area contributed by atoms with E-state index in [1.165, 1.54) is 25.3 Å². The molecule has 3 heterocycles. The molecule has 1 unspecified atom stereocenters. The summed E-state index contributed by atoms with van der Waals surface area (Å²) in [6, 6.07) is 4.09. The van der Waals surface area contributed by atoms with Crippen molar-refractivity contribution in [3.8, 4) is 5.75 Å². The van der Waals surface area contributed by atoms with E-state index in [1.807, 2.05) is 10.8 Å². The van der Waals surface area contributed by atoms with E-state index >= 15 is 0 Å². The summed E-state index contributed by atoms with van der Waals surface area (Å²) in [6.45, 7) is 1.52. The van der Waals surface area contributed by atoms with Gasteiger partial charge in [-0.05, 0) is 31.0 Å². The zero-order valence-electron chi connectivity index (χ0n) is 15.6. The highest BCUT2D eigenvalue weighted by Gasteiger charge is 2.50. The lowest BCUT2D eigenvalue weighted by Crippen LogP contribution is -2.45. The molecule has 2 saturated heterocycles. The fourth-order valence-electron chi connectivity index (χ4n) is 4.09. The molecular weight excluding hydrogens is 365 g/mol. The van der Waals surface area contributed by atoms with E-state index in [0.717, 1.165) is 0 Å². The molecule has 2 aliphatic heterocycles. The lowest BCUT2D eigenvalue weighted by molar-refractivity contribution is -0.150. The lowest BCUT2D eigenvalue weighted by Gasteiger charge is -2.36. The first-order chi connectivity index (χ1) is 13.5. The fourth-order valence-corrected chi connectivity index (χ4v) is 4.09. The molecule has 28 heavy (non-hydrogen) atoms. The molecule has 7 nitrogen and oxygen atoms in total. The number of benzene rings is 1. The molecule has 8 heteroatoms. The molecule has 2 aliphatic rings. The Morgan fingerprint density at radius 1 is 1.39 bits per heavy atom. The van der Waals surface area contributed by atoms with Crippen molar-refractivity contribution in [2.24, 2.45) is 5.41 Å². The van der Waals surface area contributed by atoms with Crippen molar-refractivity contribution in [1.82, 2.24) is 14.5 Å².